The van der Waals surface area contributed by atoms with E-state index in [0.29, 0.717) is 11.5 Å². The molecule has 0 bridgehead atoms. The molecule has 0 spiro atoms. The van der Waals surface area contributed by atoms with Gasteiger partial charge in [0.1, 0.15) is 12.4 Å². The number of benzene rings is 2. The summed E-state index contributed by atoms with van der Waals surface area (Å²) in [7, 11) is 1.46. The number of aryl methyl sites for hydroxylation is 1. The molecule has 2 N–H and O–H groups in total. The molecule has 0 radical (unpaired) electrons. The Kier molecular flexibility index (Phi) is 4.02. The van der Waals surface area contributed by atoms with Crippen molar-refractivity contribution in [1.29, 1.82) is 0 Å². The van der Waals surface area contributed by atoms with E-state index in [1.165, 1.54) is 19.2 Å². The van der Waals surface area contributed by atoms with Crippen molar-refractivity contribution in [3.05, 3.63) is 59.5 Å². The average molecular weight is 312 g/mol. The molecule has 0 amide bonds. The molecule has 1 heterocycles. The minimum absolute atomic E-state index is 0.0208. The third-order valence-corrected chi connectivity index (χ3v) is 3.60. The highest BCUT2D eigenvalue weighted by Gasteiger charge is 2.11. The van der Waals surface area contributed by atoms with Crippen molar-refractivity contribution in [3.63, 3.8) is 0 Å². The van der Waals surface area contributed by atoms with E-state index in [9.17, 15) is 4.39 Å². The number of para-hydroxylation sites is 1. The van der Waals surface area contributed by atoms with Crippen LogP contribution in [0.5, 0.6) is 11.5 Å². The molecular weight excluding hydrogens is 295 g/mol. The Morgan fingerprint density at radius 1 is 1.17 bits per heavy atom. The van der Waals surface area contributed by atoms with Crippen LogP contribution in [-0.4, -0.2) is 12.1 Å². The maximum Gasteiger partial charge on any atom is 0.163 e. The van der Waals surface area contributed by atoms with E-state index < -0.39 is 5.82 Å². The molecule has 5 heteroatoms. The molecule has 1 aromatic heterocycles. The van der Waals surface area contributed by atoms with Crippen molar-refractivity contribution in [2.75, 3.05) is 12.8 Å². The van der Waals surface area contributed by atoms with Crippen molar-refractivity contribution in [1.82, 2.24) is 4.98 Å². The number of aromatic nitrogens is 1. The van der Waals surface area contributed by atoms with Gasteiger partial charge < -0.3 is 15.2 Å². The summed E-state index contributed by atoms with van der Waals surface area (Å²) in [6.07, 6.45) is 1.82. The number of nitrogens with two attached hydrogens (primary N) is 1. The highest BCUT2D eigenvalue weighted by Crippen LogP contribution is 2.32. The van der Waals surface area contributed by atoms with Crippen molar-refractivity contribution in [2.24, 2.45) is 0 Å². The van der Waals surface area contributed by atoms with Crippen LogP contribution in [0.25, 0.3) is 10.9 Å². The van der Waals surface area contributed by atoms with Gasteiger partial charge in [-0.05, 0) is 18.6 Å². The second-order valence-electron chi connectivity index (χ2n) is 5.31. The van der Waals surface area contributed by atoms with Gasteiger partial charge in [-0.2, -0.15) is 0 Å². The van der Waals surface area contributed by atoms with Gasteiger partial charge in [0.2, 0.25) is 0 Å². The third kappa shape index (κ3) is 3.04. The summed E-state index contributed by atoms with van der Waals surface area (Å²) >= 11 is 0. The normalized spacial score (nSPS) is 10.7. The van der Waals surface area contributed by atoms with Gasteiger partial charge in [0.15, 0.2) is 11.5 Å². The number of rotatable bonds is 4. The lowest BCUT2D eigenvalue weighted by atomic mass is 10.1. The minimum Gasteiger partial charge on any atom is -0.493 e. The van der Waals surface area contributed by atoms with Gasteiger partial charge in [-0.25, -0.2) is 4.39 Å². The molecule has 0 saturated carbocycles. The molecule has 0 atom stereocenters. The summed E-state index contributed by atoms with van der Waals surface area (Å²) in [6.45, 7) is 2.29. The first kappa shape index (κ1) is 15.1. The summed E-state index contributed by atoms with van der Waals surface area (Å²) < 4.78 is 24.4. The van der Waals surface area contributed by atoms with Gasteiger partial charge in [0.05, 0.1) is 18.3 Å². The molecule has 4 nitrogen and oxygen atoms in total. The number of pyridine rings is 1. The average Bonchev–Trinajstić information content (AvgIpc) is 2.55. The predicted molar refractivity (Wildman–Crippen MR) is 88.2 cm³/mol. The number of nitrogens with zero attached hydrogens (tertiary/aromatic N) is 1. The fourth-order valence-corrected chi connectivity index (χ4v) is 2.43. The van der Waals surface area contributed by atoms with Gasteiger partial charge in [0, 0.05) is 29.3 Å². The van der Waals surface area contributed by atoms with Gasteiger partial charge in [-0.3, -0.25) is 4.98 Å². The van der Waals surface area contributed by atoms with Crippen molar-refractivity contribution < 1.29 is 13.9 Å². The molecule has 118 valence electrons. The van der Waals surface area contributed by atoms with Crippen LogP contribution in [0.2, 0.25) is 0 Å². The van der Waals surface area contributed by atoms with E-state index in [1.54, 1.807) is 0 Å². The Morgan fingerprint density at radius 2 is 2.00 bits per heavy atom. The van der Waals surface area contributed by atoms with Crippen molar-refractivity contribution >= 4 is 16.6 Å². The molecule has 0 unspecified atom stereocenters. The second kappa shape index (κ2) is 6.12. The Hall–Kier alpha value is -2.82. The molecule has 3 aromatic rings. The Morgan fingerprint density at radius 3 is 2.78 bits per heavy atom. The van der Waals surface area contributed by atoms with Crippen LogP contribution < -0.4 is 15.2 Å². The maximum atomic E-state index is 13.5. The fraction of sp³-hybridized carbons (Fsp3) is 0.167. The van der Waals surface area contributed by atoms with Gasteiger partial charge >= 0.3 is 0 Å². The lowest BCUT2D eigenvalue weighted by molar-refractivity contribution is 0.284. The van der Waals surface area contributed by atoms with E-state index >= 15 is 0 Å². The number of methoxy groups -OCH3 is 1. The highest BCUT2D eigenvalue weighted by atomic mass is 19.1. The number of fused-ring (bicyclic) bond motifs is 1. The SMILES string of the molecule is COc1cc(F)c(N)cc1OCc1cccc2cc(C)cnc12. The van der Waals surface area contributed by atoms with E-state index in [2.05, 4.69) is 11.1 Å². The number of halogens is 1. The molecule has 3 rings (SSSR count). The standard InChI is InChI=1S/C18H17FN2O2/c1-11-6-12-4-3-5-13(18(12)21-9-11)10-23-17-8-15(20)14(19)7-16(17)22-2/h3-9H,10,20H2,1-2H3. The Bertz CT molecular complexity index is 865. The molecule has 23 heavy (non-hydrogen) atoms. The zero-order valence-corrected chi connectivity index (χ0v) is 13.0. The number of hydrogen-bond donors (Lipinski definition) is 1. The highest BCUT2D eigenvalue weighted by molar-refractivity contribution is 5.82. The first-order valence-electron chi connectivity index (χ1n) is 7.18. The fourth-order valence-electron chi connectivity index (χ4n) is 2.43. The van der Waals surface area contributed by atoms with Crippen molar-refractivity contribution in [2.45, 2.75) is 13.5 Å². The Labute approximate surface area is 133 Å². The number of nitrogen functional groups attached to an aromatic ring is 1. The molecule has 0 fully saturated rings. The van der Waals surface area contributed by atoms with Crippen LogP contribution in [0.15, 0.2) is 42.6 Å². The third-order valence-electron chi connectivity index (χ3n) is 3.60. The van der Waals surface area contributed by atoms with Crippen LogP contribution >= 0.6 is 0 Å². The summed E-state index contributed by atoms with van der Waals surface area (Å²) in [5.74, 6) is 0.174. The molecule has 2 aromatic carbocycles. The molecule has 0 aliphatic heterocycles. The number of ether oxygens (including phenoxy) is 2. The van der Waals surface area contributed by atoms with E-state index in [0.717, 1.165) is 22.0 Å². The maximum absolute atomic E-state index is 13.5. The number of hydrogen-bond acceptors (Lipinski definition) is 4. The van der Waals surface area contributed by atoms with Gasteiger partial charge in [-0.15, -0.1) is 0 Å². The molecular formula is C18H17FN2O2. The van der Waals surface area contributed by atoms with E-state index in [-0.39, 0.29) is 12.3 Å². The summed E-state index contributed by atoms with van der Waals surface area (Å²) in [5.41, 5.74) is 8.54. The summed E-state index contributed by atoms with van der Waals surface area (Å²) in [4.78, 5) is 4.47. The lowest BCUT2D eigenvalue weighted by Crippen LogP contribution is -2.01. The largest absolute Gasteiger partial charge is 0.493 e. The molecule has 0 aliphatic rings. The predicted octanol–water partition coefficient (Wildman–Crippen LogP) is 3.85. The Balaban J connectivity index is 1.91. The zero-order chi connectivity index (χ0) is 16.4. The van der Waals surface area contributed by atoms with Crippen molar-refractivity contribution in [3.8, 4) is 11.5 Å². The van der Waals surface area contributed by atoms with Gasteiger partial charge in [0.25, 0.3) is 0 Å². The van der Waals surface area contributed by atoms with Crippen LogP contribution in [0.1, 0.15) is 11.1 Å². The van der Waals surface area contributed by atoms with Crippen LogP contribution in [0.4, 0.5) is 10.1 Å². The first-order chi connectivity index (χ1) is 11.1. The minimum atomic E-state index is -0.531. The van der Waals surface area contributed by atoms with E-state index in [4.69, 9.17) is 15.2 Å². The van der Waals surface area contributed by atoms with Crippen LogP contribution in [-0.2, 0) is 6.61 Å². The summed E-state index contributed by atoms with van der Waals surface area (Å²) in [5, 5.41) is 1.05. The quantitative estimate of drug-likeness (QED) is 0.743. The first-order valence-corrected chi connectivity index (χ1v) is 7.18. The lowest BCUT2D eigenvalue weighted by Gasteiger charge is -2.13. The topological polar surface area (TPSA) is 57.4 Å². The van der Waals surface area contributed by atoms with E-state index in [1.807, 2.05) is 31.3 Å². The second-order valence-corrected chi connectivity index (χ2v) is 5.31. The van der Waals surface area contributed by atoms with Gasteiger partial charge in [-0.1, -0.05) is 18.2 Å². The monoisotopic (exact) mass is 312 g/mol. The van der Waals surface area contributed by atoms with Crippen LogP contribution in [0, 0.1) is 12.7 Å². The summed E-state index contributed by atoms with van der Waals surface area (Å²) in [6, 6.07) is 10.6. The van der Waals surface area contributed by atoms with Crippen LogP contribution in [0.3, 0.4) is 0 Å². The molecule has 0 saturated heterocycles. The zero-order valence-electron chi connectivity index (χ0n) is 13.0. The molecule has 0 aliphatic carbocycles. The smallest absolute Gasteiger partial charge is 0.163 e. The number of anilines is 1.